The van der Waals surface area contributed by atoms with Crippen LogP contribution in [-0.4, -0.2) is 46.1 Å². The van der Waals surface area contributed by atoms with Crippen molar-refractivity contribution in [3.63, 3.8) is 0 Å². The molecule has 1 fully saturated rings. The number of piperazine rings is 1. The first-order valence-corrected chi connectivity index (χ1v) is 10.2. The molecule has 2 aromatic rings. The molecule has 7 nitrogen and oxygen atoms in total. The van der Waals surface area contributed by atoms with Crippen molar-refractivity contribution in [3.8, 4) is 0 Å². The van der Waals surface area contributed by atoms with E-state index in [1.807, 2.05) is 67.8 Å². The van der Waals surface area contributed by atoms with Gasteiger partial charge in [-0.3, -0.25) is 18.7 Å². The van der Waals surface area contributed by atoms with E-state index in [1.54, 1.807) is 10.6 Å². The molecule has 1 aliphatic heterocycles. The molecule has 1 aromatic heterocycles. The number of anilines is 1. The average molecular weight is 399 g/mol. The average Bonchev–Trinajstić information content (AvgIpc) is 2.67. The number of nitrogens with zero attached hydrogens (tertiary/aromatic N) is 4. The number of rotatable bonds is 5. The molecule has 2 heterocycles. The van der Waals surface area contributed by atoms with Gasteiger partial charge in [-0.15, -0.1) is 0 Å². The van der Waals surface area contributed by atoms with Crippen LogP contribution in [0, 0.1) is 0 Å². The van der Waals surface area contributed by atoms with Crippen molar-refractivity contribution in [2.75, 3.05) is 31.1 Å². The minimum Gasteiger partial charge on any atom is -0.354 e. The summed E-state index contributed by atoms with van der Waals surface area (Å²) in [6, 6.07) is 11.0. The monoisotopic (exact) mass is 398 g/mol. The maximum absolute atomic E-state index is 12.9. The van der Waals surface area contributed by atoms with Gasteiger partial charge in [-0.25, -0.2) is 4.79 Å². The van der Waals surface area contributed by atoms with Crippen molar-refractivity contribution in [2.24, 2.45) is 0 Å². The Kier molecular flexibility index (Phi) is 6.25. The number of carbonyl (C=O) groups excluding carboxylic acids is 1. The topological polar surface area (TPSA) is 67.5 Å². The molecule has 0 saturated carbocycles. The zero-order valence-electron chi connectivity index (χ0n) is 17.7. The lowest BCUT2D eigenvalue weighted by molar-refractivity contribution is -0.130. The first kappa shape index (κ1) is 20.9. The zero-order chi connectivity index (χ0) is 21.1. The fraction of sp³-hybridized carbons (Fsp3) is 0.500. The number of aromatic nitrogens is 2. The molecular formula is C22H30N4O3. The van der Waals surface area contributed by atoms with Crippen molar-refractivity contribution >= 4 is 11.7 Å². The van der Waals surface area contributed by atoms with E-state index in [-0.39, 0.29) is 29.2 Å². The molecule has 7 heteroatoms. The highest BCUT2D eigenvalue weighted by molar-refractivity contribution is 5.79. The fourth-order valence-corrected chi connectivity index (χ4v) is 3.83. The van der Waals surface area contributed by atoms with Crippen molar-refractivity contribution in [1.82, 2.24) is 14.0 Å². The zero-order valence-corrected chi connectivity index (χ0v) is 17.7. The molecule has 0 unspecified atom stereocenters. The van der Waals surface area contributed by atoms with Crippen LogP contribution in [0.2, 0.25) is 0 Å². The molecule has 1 saturated heterocycles. The summed E-state index contributed by atoms with van der Waals surface area (Å²) in [4.78, 5) is 42.0. The van der Waals surface area contributed by atoms with Crippen LogP contribution in [0.5, 0.6) is 0 Å². The highest BCUT2D eigenvalue weighted by Gasteiger charge is 2.25. The normalized spacial score (nSPS) is 14.7. The second-order valence-electron chi connectivity index (χ2n) is 8.08. The van der Waals surface area contributed by atoms with Gasteiger partial charge in [-0.1, -0.05) is 30.3 Å². The van der Waals surface area contributed by atoms with Crippen molar-refractivity contribution in [1.29, 1.82) is 0 Å². The molecule has 0 radical (unpaired) electrons. The van der Waals surface area contributed by atoms with E-state index in [2.05, 4.69) is 0 Å². The van der Waals surface area contributed by atoms with Gasteiger partial charge in [-0.2, -0.15) is 0 Å². The van der Waals surface area contributed by atoms with Gasteiger partial charge in [0.2, 0.25) is 5.91 Å². The van der Waals surface area contributed by atoms with E-state index >= 15 is 0 Å². The van der Waals surface area contributed by atoms with Crippen LogP contribution in [0.1, 0.15) is 45.3 Å². The molecule has 0 spiro atoms. The molecule has 1 aliphatic rings. The predicted molar refractivity (Wildman–Crippen MR) is 115 cm³/mol. The molecule has 1 aromatic carbocycles. The van der Waals surface area contributed by atoms with Crippen molar-refractivity contribution in [3.05, 3.63) is 62.8 Å². The van der Waals surface area contributed by atoms with E-state index in [9.17, 15) is 14.4 Å². The van der Waals surface area contributed by atoms with Crippen LogP contribution < -0.4 is 16.1 Å². The first-order chi connectivity index (χ1) is 13.8. The lowest BCUT2D eigenvalue weighted by Crippen LogP contribution is -2.52. The smallest absolute Gasteiger partial charge is 0.333 e. The Morgan fingerprint density at radius 2 is 1.48 bits per heavy atom. The van der Waals surface area contributed by atoms with Crippen LogP contribution in [0.4, 0.5) is 5.82 Å². The third-order valence-corrected chi connectivity index (χ3v) is 5.34. The molecule has 0 N–H and O–H groups in total. The van der Waals surface area contributed by atoms with Crippen molar-refractivity contribution in [2.45, 2.75) is 46.2 Å². The second-order valence-corrected chi connectivity index (χ2v) is 8.08. The summed E-state index contributed by atoms with van der Waals surface area (Å²) in [7, 11) is 0. The lowest BCUT2D eigenvalue weighted by atomic mass is 10.1. The van der Waals surface area contributed by atoms with E-state index in [4.69, 9.17) is 0 Å². The SMILES string of the molecule is CC(C)n1c(N2CCN(C(=O)Cc3ccccc3)CC2)cc(=O)n(C(C)C)c1=O. The van der Waals surface area contributed by atoms with Crippen LogP contribution >= 0.6 is 0 Å². The maximum Gasteiger partial charge on any atom is 0.333 e. The van der Waals surface area contributed by atoms with Crippen LogP contribution in [0.3, 0.4) is 0 Å². The summed E-state index contributed by atoms with van der Waals surface area (Å²) in [5, 5.41) is 0. The molecular weight excluding hydrogens is 368 g/mol. The molecule has 3 rings (SSSR count). The molecule has 1 amide bonds. The van der Waals surface area contributed by atoms with Gasteiger partial charge in [0, 0.05) is 44.3 Å². The molecule has 0 aliphatic carbocycles. The van der Waals surface area contributed by atoms with Gasteiger partial charge >= 0.3 is 5.69 Å². The van der Waals surface area contributed by atoms with Gasteiger partial charge in [-0.05, 0) is 33.3 Å². The Morgan fingerprint density at radius 3 is 2.03 bits per heavy atom. The molecule has 156 valence electrons. The van der Waals surface area contributed by atoms with Gasteiger partial charge in [0.25, 0.3) is 5.56 Å². The summed E-state index contributed by atoms with van der Waals surface area (Å²) in [5.41, 5.74) is 0.449. The fourth-order valence-electron chi connectivity index (χ4n) is 3.83. The number of hydrogen-bond donors (Lipinski definition) is 0. The number of carbonyl (C=O) groups is 1. The van der Waals surface area contributed by atoms with Crippen molar-refractivity contribution < 1.29 is 4.79 Å². The minimum absolute atomic E-state index is 0.0687. The van der Waals surface area contributed by atoms with E-state index in [1.165, 1.54) is 4.57 Å². The van der Waals surface area contributed by atoms with Crippen LogP contribution in [0.25, 0.3) is 0 Å². The van der Waals surface area contributed by atoms with Gasteiger partial charge in [0.1, 0.15) is 5.82 Å². The lowest BCUT2D eigenvalue weighted by Gasteiger charge is -2.37. The van der Waals surface area contributed by atoms with Gasteiger partial charge in [0.05, 0.1) is 6.42 Å². The third-order valence-electron chi connectivity index (χ3n) is 5.34. The van der Waals surface area contributed by atoms with Gasteiger partial charge < -0.3 is 9.80 Å². The summed E-state index contributed by atoms with van der Waals surface area (Å²) in [6.45, 7) is 9.90. The predicted octanol–water partition coefficient (Wildman–Crippen LogP) is 2.06. The van der Waals surface area contributed by atoms with E-state index < -0.39 is 0 Å². The number of hydrogen-bond acceptors (Lipinski definition) is 4. The summed E-state index contributed by atoms with van der Waals surface area (Å²) < 4.78 is 2.98. The minimum atomic E-state index is -0.278. The van der Waals surface area contributed by atoms with Crippen LogP contribution in [-0.2, 0) is 11.2 Å². The number of amides is 1. The highest BCUT2D eigenvalue weighted by Crippen LogP contribution is 2.18. The third kappa shape index (κ3) is 4.44. The Hall–Kier alpha value is -2.83. The first-order valence-electron chi connectivity index (χ1n) is 10.2. The largest absolute Gasteiger partial charge is 0.354 e. The Morgan fingerprint density at radius 1 is 0.897 bits per heavy atom. The maximum atomic E-state index is 12.9. The van der Waals surface area contributed by atoms with E-state index in [0.717, 1.165) is 5.56 Å². The highest BCUT2D eigenvalue weighted by atomic mass is 16.2. The quantitative estimate of drug-likeness (QED) is 0.773. The Balaban J connectivity index is 1.78. The number of benzene rings is 1. The van der Waals surface area contributed by atoms with E-state index in [0.29, 0.717) is 38.4 Å². The Bertz CT molecular complexity index is 968. The molecule has 0 atom stereocenters. The second kappa shape index (κ2) is 8.68. The molecule has 0 bridgehead atoms. The summed E-state index contributed by atoms with van der Waals surface area (Å²) >= 11 is 0. The summed E-state index contributed by atoms with van der Waals surface area (Å²) in [5.74, 6) is 0.745. The van der Waals surface area contributed by atoms with Crippen LogP contribution in [0.15, 0.2) is 46.0 Å². The Labute approximate surface area is 171 Å². The summed E-state index contributed by atoms with van der Waals surface area (Å²) in [6.07, 6.45) is 0.391. The molecule has 29 heavy (non-hydrogen) atoms. The standard InChI is InChI=1S/C22H30N4O3/c1-16(2)25-19(15-21(28)26(17(3)4)22(25)29)23-10-12-24(13-11-23)20(27)14-18-8-6-5-7-9-18/h5-9,15-17H,10-14H2,1-4H3. The van der Waals surface area contributed by atoms with Gasteiger partial charge in [0.15, 0.2) is 0 Å².